The Balaban J connectivity index is 1.44. The Hall–Kier alpha value is -4.00. The fourth-order valence-corrected chi connectivity index (χ4v) is 3.50. The van der Waals surface area contributed by atoms with Gasteiger partial charge in [0.1, 0.15) is 23.7 Å². The molecular formula is C23H18FN5O. The first-order valence-electron chi connectivity index (χ1n) is 9.45. The molecule has 5 aromatic rings. The van der Waals surface area contributed by atoms with E-state index < -0.39 is 0 Å². The molecule has 0 bridgehead atoms. The van der Waals surface area contributed by atoms with E-state index in [4.69, 9.17) is 4.74 Å². The maximum atomic E-state index is 13.5. The summed E-state index contributed by atoms with van der Waals surface area (Å²) in [6, 6.07) is 18.3. The highest BCUT2D eigenvalue weighted by molar-refractivity contribution is 5.92. The van der Waals surface area contributed by atoms with Crippen LogP contribution in [0.2, 0.25) is 0 Å². The van der Waals surface area contributed by atoms with Crippen LogP contribution in [-0.2, 0) is 6.54 Å². The molecular weight excluding hydrogens is 381 g/mol. The topological polar surface area (TPSA) is 64.9 Å². The molecule has 2 heterocycles. The van der Waals surface area contributed by atoms with Crippen LogP contribution in [0.25, 0.3) is 21.8 Å². The van der Waals surface area contributed by atoms with E-state index in [0.29, 0.717) is 12.4 Å². The number of halogens is 1. The molecule has 5 rings (SSSR count). The predicted molar refractivity (Wildman–Crippen MR) is 115 cm³/mol. The Bertz CT molecular complexity index is 1360. The van der Waals surface area contributed by atoms with Crippen molar-refractivity contribution in [2.75, 3.05) is 12.4 Å². The lowest BCUT2D eigenvalue weighted by Crippen LogP contribution is -2.01. The van der Waals surface area contributed by atoms with E-state index in [1.165, 1.54) is 18.5 Å². The van der Waals surface area contributed by atoms with Crippen LogP contribution in [0, 0.1) is 5.82 Å². The van der Waals surface area contributed by atoms with Gasteiger partial charge in [0.15, 0.2) is 0 Å². The third-order valence-electron chi connectivity index (χ3n) is 4.97. The summed E-state index contributed by atoms with van der Waals surface area (Å²) in [6.07, 6.45) is 3.34. The Kier molecular flexibility index (Phi) is 4.48. The number of hydrogen-bond acceptors (Lipinski definition) is 5. The molecule has 0 spiro atoms. The van der Waals surface area contributed by atoms with E-state index in [-0.39, 0.29) is 5.82 Å². The van der Waals surface area contributed by atoms with Crippen LogP contribution in [0.4, 0.5) is 15.9 Å². The molecule has 0 saturated carbocycles. The number of aromatic nitrogens is 4. The first kappa shape index (κ1) is 18.1. The van der Waals surface area contributed by atoms with Gasteiger partial charge in [0.05, 0.1) is 30.9 Å². The molecule has 0 saturated heterocycles. The van der Waals surface area contributed by atoms with Crippen molar-refractivity contribution in [1.29, 1.82) is 0 Å². The van der Waals surface area contributed by atoms with Gasteiger partial charge in [-0.05, 0) is 48.0 Å². The molecule has 0 aliphatic rings. The number of fused-ring (bicyclic) bond motifs is 2. The number of rotatable bonds is 5. The smallest absolute Gasteiger partial charge is 0.141 e. The summed E-state index contributed by atoms with van der Waals surface area (Å²) >= 11 is 0. The quantitative estimate of drug-likeness (QED) is 0.454. The van der Waals surface area contributed by atoms with Crippen molar-refractivity contribution in [1.82, 2.24) is 19.7 Å². The second kappa shape index (κ2) is 7.44. The zero-order valence-corrected chi connectivity index (χ0v) is 16.2. The molecule has 30 heavy (non-hydrogen) atoms. The van der Waals surface area contributed by atoms with Gasteiger partial charge in [-0.25, -0.2) is 14.4 Å². The van der Waals surface area contributed by atoms with E-state index in [1.807, 2.05) is 53.3 Å². The van der Waals surface area contributed by atoms with Gasteiger partial charge in [0.2, 0.25) is 0 Å². The molecule has 3 aromatic carbocycles. The van der Waals surface area contributed by atoms with Crippen molar-refractivity contribution < 1.29 is 9.13 Å². The third kappa shape index (κ3) is 3.41. The van der Waals surface area contributed by atoms with Crippen LogP contribution < -0.4 is 10.1 Å². The van der Waals surface area contributed by atoms with Crippen molar-refractivity contribution in [2.24, 2.45) is 0 Å². The standard InChI is InChI=1S/C23H18FN5O/c1-30-19-6-7-20-21(11-19)25-14-26-23(20)28-18-5-8-22-16(10-18)12-27-29(22)13-15-3-2-4-17(24)9-15/h2-12,14H,13H2,1H3,(H,25,26,28). The monoisotopic (exact) mass is 399 g/mol. The zero-order valence-electron chi connectivity index (χ0n) is 16.2. The average Bonchev–Trinajstić information content (AvgIpc) is 3.15. The van der Waals surface area contributed by atoms with Gasteiger partial charge in [-0.15, -0.1) is 0 Å². The van der Waals surface area contributed by atoms with Crippen molar-refractivity contribution in [2.45, 2.75) is 6.54 Å². The normalized spacial score (nSPS) is 11.1. The lowest BCUT2D eigenvalue weighted by Gasteiger charge is -2.10. The Morgan fingerprint density at radius 1 is 1.03 bits per heavy atom. The Morgan fingerprint density at radius 3 is 2.83 bits per heavy atom. The van der Waals surface area contributed by atoms with Gasteiger partial charge in [-0.3, -0.25) is 4.68 Å². The van der Waals surface area contributed by atoms with E-state index >= 15 is 0 Å². The highest BCUT2D eigenvalue weighted by Gasteiger charge is 2.08. The minimum atomic E-state index is -0.245. The molecule has 1 N–H and O–H groups in total. The number of ether oxygens (including phenoxy) is 1. The molecule has 0 unspecified atom stereocenters. The van der Waals surface area contributed by atoms with Crippen molar-refractivity contribution in [3.05, 3.63) is 84.6 Å². The summed E-state index contributed by atoms with van der Waals surface area (Å²) < 4.78 is 20.6. The SMILES string of the molecule is COc1ccc2c(Nc3ccc4c(cnn4Cc4cccc(F)c4)c3)ncnc2c1. The van der Waals surface area contributed by atoms with Gasteiger partial charge in [0.25, 0.3) is 0 Å². The van der Waals surface area contributed by atoms with Crippen LogP contribution in [0.5, 0.6) is 5.75 Å². The minimum absolute atomic E-state index is 0.245. The predicted octanol–water partition coefficient (Wildman–Crippen LogP) is 4.92. The summed E-state index contributed by atoms with van der Waals surface area (Å²) in [4.78, 5) is 8.71. The molecule has 2 aromatic heterocycles. The number of methoxy groups -OCH3 is 1. The van der Waals surface area contributed by atoms with Crippen LogP contribution >= 0.6 is 0 Å². The Labute approximate surface area is 172 Å². The Morgan fingerprint density at radius 2 is 1.97 bits per heavy atom. The van der Waals surface area contributed by atoms with Crippen LogP contribution in [0.3, 0.4) is 0 Å². The molecule has 0 atom stereocenters. The number of nitrogens with zero attached hydrogens (tertiary/aromatic N) is 4. The largest absolute Gasteiger partial charge is 0.497 e. The fourth-order valence-electron chi connectivity index (χ4n) is 3.50. The molecule has 6 nitrogen and oxygen atoms in total. The fraction of sp³-hybridized carbons (Fsp3) is 0.0870. The number of nitrogens with one attached hydrogen (secondary N) is 1. The summed E-state index contributed by atoms with van der Waals surface area (Å²) in [5, 5.41) is 9.71. The van der Waals surface area contributed by atoms with Gasteiger partial charge in [-0.2, -0.15) is 5.10 Å². The highest BCUT2D eigenvalue weighted by atomic mass is 19.1. The van der Waals surface area contributed by atoms with E-state index in [1.54, 1.807) is 13.2 Å². The molecule has 0 amide bonds. The summed E-state index contributed by atoms with van der Waals surface area (Å²) in [5.41, 5.74) is 3.53. The van der Waals surface area contributed by atoms with Gasteiger partial charge >= 0.3 is 0 Å². The number of hydrogen-bond donors (Lipinski definition) is 1. The lowest BCUT2D eigenvalue weighted by molar-refractivity contribution is 0.415. The van der Waals surface area contributed by atoms with Gasteiger partial charge < -0.3 is 10.1 Å². The average molecular weight is 399 g/mol. The van der Waals surface area contributed by atoms with Crippen molar-refractivity contribution in [3.8, 4) is 5.75 Å². The molecule has 7 heteroatoms. The molecule has 0 aliphatic carbocycles. The molecule has 0 aliphatic heterocycles. The zero-order chi connectivity index (χ0) is 20.5. The third-order valence-corrected chi connectivity index (χ3v) is 4.97. The molecule has 0 radical (unpaired) electrons. The second-order valence-electron chi connectivity index (χ2n) is 6.94. The van der Waals surface area contributed by atoms with E-state index in [9.17, 15) is 4.39 Å². The first-order chi connectivity index (χ1) is 14.7. The minimum Gasteiger partial charge on any atom is -0.497 e. The molecule has 0 fully saturated rings. The van der Waals surface area contributed by atoms with Crippen LogP contribution in [0.1, 0.15) is 5.56 Å². The summed E-state index contributed by atoms with van der Waals surface area (Å²) in [7, 11) is 1.63. The van der Waals surface area contributed by atoms with Gasteiger partial charge in [-0.1, -0.05) is 12.1 Å². The number of benzene rings is 3. The van der Waals surface area contributed by atoms with Crippen molar-refractivity contribution in [3.63, 3.8) is 0 Å². The van der Waals surface area contributed by atoms with E-state index in [0.717, 1.165) is 38.8 Å². The first-order valence-corrected chi connectivity index (χ1v) is 9.45. The molecule has 148 valence electrons. The maximum absolute atomic E-state index is 13.5. The van der Waals surface area contributed by atoms with E-state index in [2.05, 4.69) is 20.4 Å². The van der Waals surface area contributed by atoms with Gasteiger partial charge in [0, 0.05) is 22.5 Å². The second-order valence-corrected chi connectivity index (χ2v) is 6.94. The summed E-state index contributed by atoms with van der Waals surface area (Å²) in [6.45, 7) is 0.506. The summed E-state index contributed by atoms with van der Waals surface area (Å²) in [5.74, 6) is 1.22. The highest BCUT2D eigenvalue weighted by Crippen LogP contribution is 2.27. The lowest BCUT2D eigenvalue weighted by atomic mass is 10.2. The van der Waals surface area contributed by atoms with Crippen molar-refractivity contribution >= 4 is 33.3 Å². The van der Waals surface area contributed by atoms with Crippen LogP contribution in [0.15, 0.2) is 73.2 Å². The maximum Gasteiger partial charge on any atom is 0.141 e. The van der Waals surface area contributed by atoms with Crippen LogP contribution in [-0.4, -0.2) is 26.9 Å². The number of anilines is 2.